The highest BCUT2D eigenvalue weighted by Gasteiger charge is 2.22. The molecule has 1 aromatic rings. The smallest absolute Gasteiger partial charge is 0.241 e. The Morgan fingerprint density at radius 2 is 2.05 bits per heavy atom. The third-order valence-electron chi connectivity index (χ3n) is 3.91. The first-order chi connectivity index (χ1) is 10.0. The van der Waals surface area contributed by atoms with Crippen molar-refractivity contribution in [2.45, 2.75) is 43.7 Å². The molecular weight excluding hydrogens is 306 g/mol. The molecule has 2 rings (SSSR count). The lowest BCUT2D eigenvalue weighted by atomic mass is 10.1. The minimum absolute atomic E-state index is 0.242. The van der Waals surface area contributed by atoms with E-state index >= 15 is 0 Å². The second kappa shape index (κ2) is 7.69. The lowest BCUT2D eigenvalue weighted by molar-refractivity contribution is 0.175. The maximum Gasteiger partial charge on any atom is 0.241 e. The van der Waals surface area contributed by atoms with Crippen molar-refractivity contribution in [2.75, 3.05) is 26.7 Å². The molecule has 0 saturated carbocycles. The van der Waals surface area contributed by atoms with E-state index in [2.05, 4.69) is 21.9 Å². The topological polar surface area (TPSA) is 61.4 Å². The maximum atomic E-state index is 12.4. The highest BCUT2D eigenvalue weighted by Crippen LogP contribution is 2.21. The monoisotopic (exact) mass is 331 g/mol. The van der Waals surface area contributed by atoms with Crippen LogP contribution in [0.2, 0.25) is 0 Å². The normalized spacial score (nSPS) is 18.8. The van der Waals surface area contributed by atoms with Gasteiger partial charge in [0.1, 0.15) is 0 Å². The Hall–Kier alpha value is -0.470. The molecule has 0 spiro atoms. The van der Waals surface area contributed by atoms with E-state index in [1.807, 2.05) is 12.4 Å². The van der Waals surface area contributed by atoms with Crippen LogP contribution in [0, 0.1) is 0 Å². The quantitative estimate of drug-likeness (QED) is 0.797. The summed E-state index contributed by atoms with van der Waals surface area (Å²) in [6, 6.07) is 1.93. The van der Waals surface area contributed by atoms with Crippen molar-refractivity contribution >= 4 is 21.4 Å². The van der Waals surface area contributed by atoms with Crippen molar-refractivity contribution in [3.63, 3.8) is 0 Å². The molecule has 5 nitrogen and oxygen atoms in total. The molecule has 0 radical (unpaired) electrons. The molecule has 1 aliphatic rings. The summed E-state index contributed by atoms with van der Waals surface area (Å²) in [7, 11) is -1.59. The fourth-order valence-electron chi connectivity index (χ4n) is 2.65. The molecule has 0 bridgehead atoms. The fraction of sp³-hybridized carbons (Fsp3) is 0.714. The highest BCUT2D eigenvalue weighted by molar-refractivity contribution is 7.89. The average Bonchev–Trinajstić information content (AvgIpc) is 2.95. The number of piperidine rings is 1. The zero-order valence-corrected chi connectivity index (χ0v) is 14.4. The Morgan fingerprint density at radius 3 is 2.71 bits per heavy atom. The van der Waals surface area contributed by atoms with Crippen LogP contribution in [0.3, 0.4) is 0 Å². The molecule has 1 atom stereocenters. The van der Waals surface area contributed by atoms with Gasteiger partial charge in [-0.2, -0.15) is 0 Å². The van der Waals surface area contributed by atoms with E-state index in [4.69, 9.17) is 0 Å². The summed E-state index contributed by atoms with van der Waals surface area (Å²) >= 11 is 1.47. The molecule has 7 heteroatoms. The van der Waals surface area contributed by atoms with Gasteiger partial charge < -0.3 is 5.32 Å². The zero-order valence-electron chi connectivity index (χ0n) is 12.8. The van der Waals surface area contributed by atoms with Gasteiger partial charge in [0.15, 0.2) is 0 Å². The Balaban J connectivity index is 1.95. The summed E-state index contributed by atoms with van der Waals surface area (Å²) in [6.07, 6.45) is 3.72. The maximum absolute atomic E-state index is 12.4. The second-order valence-corrected chi connectivity index (χ2v) is 8.27. The van der Waals surface area contributed by atoms with Gasteiger partial charge in [0.2, 0.25) is 10.0 Å². The van der Waals surface area contributed by atoms with Gasteiger partial charge in [-0.1, -0.05) is 6.42 Å². The van der Waals surface area contributed by atoms with Gasteiger partial charge in [-0.25, -0.2) is 13.1 Å². The van der Waals surface area contributed by atoms with E-state index in [1.54, 1.807) is 6.07 Å². The standard InChI is InChI=1S/C14H25N3O2S2/c1-12(17-7-4-3-5-8-17)10-16-21(18,19)14-6-9-20-13(14)11-15-2/h6,9,12,15-16H,3-5,7-8,10-11H2,1-2H3. The number of nitrogens with one attached hydrogen (secondary N) is 2. The van der Waals surface area contributed by atoms with Gasteiger partial charge in [-0.15, -0.1) is 11.3 Å². The number of thiophene rings is 1. The van der Waals surface area contributed by atoms with Crippen LogP contribution in [-0.2, 0) is 16.6 Å². The number of rotatable bonds is 7. The van der Waals surface area contributed by atoms with Crippen LogP contribution in [0.25, 0.3) is 0 Å². The van der Waals surface area contributed by atoms with Crippen LogP contribution >= 0.6 is 11.3 Å². The molecule has 1 unspecified atom stereocenters. The molecule has 1 saturated heterocycles. The Labute approximate surface area is 131 Å². The van der Waals surface area contributed by atoms with Crippen molar-refractivity contribution in [3.05, 3.63) is 16.3 Å². The molecule has 1 fully saturated rings. The molecule has 1 aromatic heterocycles. The summed E-state index contributed by atoms with van der Waals surface area (Å²) in [5, 5.41) is 4.84. The number of hydrogen-bond donors (Lipinski definition) is 2. The van der Waals surface area contributed by atoms with E-state index in [0.29, 0.717) is 18.0 Å². The van der Waals surface area contributed by atoms with Gasteiger partial charge in [0.25, 0.3) is 0 Å². The van der Waals surface area contributed by atoms with Gasteiger partial charge in [0, 0.05) is 24.0 Å². The van der Waals surface area contributed by atoms with E-state index in [1.165, 1.54) is 30.6 Å². The summed E-state index contributed by atoms with van der Waals surface area (Å²) in [4.78, 5) is 3.64. The van der Waals surface area contributed by atoms with E-state index in [0.717, 1.165) is 18.0 Å². The van der Waals surface area contributed by atoms with Crippen LogP contribution in [0.5, 0.6) is 0 Å². The van der Waals surface area contributed by atoms with Crippen molar-refractivity contribution in [1.82, 2.24) is 14.9 Å². The summed E-state index contributed by atoms with van der Waals surface area (Å²) < 4.78 is 27.6. The van der Waals surface area contributed by atoms with Crippen LogP contribution in [0.4, 0.5) is 0 Å². The van der Waals surface area contributed by atoms with Crippen LogP contribution < -0.4 is 10.0 Å². The van der Waals surface area contributed by atoms with Crippen LogP contribution in [0.1, 0.15) is 31.1 Å². The minimum atomic E-state index is -3.41. The average molecular weight is 332 g/mol. The van der Waals surface area contributed by atoms with E-state index in [-0.39, 0.29) is 6.04 Å². The number of likely N-dealkylation sites (tertiary alicyclic amines) is 1. The first-order valence-electron chi connectivity index (χ1n) is 7.49. The van der Waals surface area contributed by atoms with Crippen LogP contribution in [0.15, 0.2) is 16.3 Å². The lowest BCUT2D eigenvalue weighted by Gasteiger charge is -2.32. The fourth-order valence-corrected chi connectivity index (χ4v) is 5.23. The van der Waals surface area contributed by atoms with Crippen molar-refractivity contribution in [3.8, 4) is 0 Å². The Morgan fingerprint density at radius 1 is 1.33 bits per heavy atom. The molecule has 0 aromatic carbocycles. The predicted molar refractivity (Wildman–Crippen MR) is 87.2 cm³/mol. The third kappa shape index (κ3) is 4.50. The SMILES string of the molecule is CNCc1sccc1S(=O)(=O)NCC(C)N1CCCCC1. The van der Waals surface area contributed by atoms with E-state index in [9.17, 15) is 8.42 Å². The molecule has 2 N–H and O–H groups in total. The third-order valence-corrected chi connectivity index (χ3v) is 6.47. The van der Waals surface area contributed by atoms with Crippen molar-refractivity contribution in [2.24, 2.45) is 0 Å². The first kappa shape index (κ1) is 16.9. The lowest BCUT2D eigenvalue weighted by Crippen LogP contribution is -2.44. The summed E-state index contributed by atoms with van der Waals surface area (Å²) in [6.45, 7) is 5.29. The predicted octanol–water partition coefficient (Wildman–Crippen LogP) is 1.62. The molecular formula is C14H25N3O2S2. The summed E-state index contributed by atoms with van der Waals surface area (Å²) in [5.74, 6) is 0. The van der Waals surface area contributed by atoms with Gasteiger partial charge in [-0.05, 0) is 51.3 Å². The van der Waals surface area contributed by atoms with Gasteiger partial charge in [-0.3, -0.25) is 4.90 Å². The number of hydrogen-bond acceptors (Lipinski definition) is 5. The van der Waals surface area contributed by atoms with Crippen LogP contribution in [-0.4, -0.2) is 46.0 Å². The molecule has 120 valence electrons. The minimum Gasteiger partial charge on any atom is -0.315 e. The molecule has 1 aliphatic heterocycles. The number of sulfonamides is 1. The molecule has 2 heterocycles. The Kier molecular flexibility index (Phi) is 6.19. The molecule has 21 heavy (non-hydrogen) atoms. The highest BCUT2D eigenvalue weighted by atomic mass is 32.2. The summed E-state index contributed by atoms with van der Waals surface area (Å²) in [5.41, 5.74) is 0. The Bertz CT molecular complexity index is 536. The first-order valence-corrected chi connectivity index (χ1v) is 9.85. The zero-order chi connectivity index (χ0) is 15.3. The van der Waals surface area contributed by atoms with Crippen molar-refractivity contribution < 1.29 is 8.42 Å². The largest absolute Gasteiger partial charge is 0.315 e. The second-order valence-electron chi connectivity index (χ2n) is 5.54. The van der Waals surface area contributed by atoms with Crippen molar-refractivity contribution in [1.29, 1.82) is 0 Å². The van der Waals surface area contributed by atoms with Gasteiger partial charge in [0.05, 0.1) is 4.90 Å². The molecule has 0 aliphatic carbocycles. The van der Waals surface area contributed by atoms with E-state index < -0.39 is 10.0 Å². The van der Waals surface area contributed by atoms with Gasteiger partial charge >= 0.3 is 0 Å². The molecule has 0 amide bonds. The number of nitrogens with zero attached hydrogens (tertiary/aromatic N) is 1.